The average Bonchev–Trinajstić information content (AvgIpc) is 2.41. The first-order chi connectivity index (χ1) is 9.73. The lowest BCUT2D eigenvalue weighted by atomic mass is 10.0. The van der Waals surface area contributed by atoms with Crippen LogP contribution in [0, 0.1) is 6.92 Å². The van der Waals surface area contributed by atoms with Crippen LogP contribution >= 0.6 is 15.9 Å². The van der Waals surface area contributed by atoms with E-state index in [0.29, 0.717) is 0 Å². The molecule has 0 aromatic heterocycles. The van der Waals surface area contributed by atoms with Gasteiger partial charge in [-0.25, -0.2) is 8.42 Å². The highest BCUT2D eigenvalue weighted by molar-refractivity contribution is 9.09. The molecule has 6 nitrogen and oxygen atoms in total. The minimum Gasteiger partial charge on any atom is -0.392 e. The van der Waals surface area contributed by atoms with E-state index in [1.807, 2.05) is 6.92 Å². The van der Waals surface area contributed by atoms with E-state index in [4.69, 9.17) is 5.73 Å². The fourth-order valence-electron chi connectivity index (χ4n) is 2.28. The summed E-state index contributed by atoms with van der Waals surface area (Å²) < 4.78 is 26.4. The second kappa shape index (κ2) is 6.04. The number of aryl methyl sites for hydroxylation is 1. The molecular weight excluding hydrogens is 360 g/mol. The van der Waals surface area contributed by atoms with Gasteiger partial charge in [-0.2, -0.15) is 4.31 Å². The lowest BCUT2D eigenvalue weighted by Gasteiger charge is -2.37. The first kappa shape index (κ1) is 16.4. The second-order valence-electron chi connectivity index (χ2n) is 5.12. The van der Waals surface area contributed by atoms with Crippen LogP contribution in [0.4, 0.5) is 0 Å². The van der Waals surface area contributed by atoms with Crippen molar-refractivity contribution in [2.45, 2.75) is 35.2 Å². The van der Waals surface area contributed by atoms with Crippen LogP contribution in [0.1, 0.15) is 12.0 Å². The number of alkyl halides is 1. The standard InChI is InChI=1S/C13H17BrN2O4S/c1-8-2-4-9(5-3-8)21(19,20)16-7-10(14)12(17)6-11(16)13(15)18/h2-5,10-12,17H,6-7H2,1H3,(H2,15,18). The molecule has 0 bridgehead atoms. The van der Waals surface area contributed by atoms with Gasteiger partial charge >= 0.3 is 0 Å². The van der Waals surface area contributed by atoms with Crippen LogP contribution in [0.15, 0.2) is 29.2 Å². The number of halogens is 1. The maximum absolute atomic E-state index is 12.7. The Morgan fingerprint density at radius 2 is 1.95 bits per heavy atom. The summed E-state index contributed by atoms with van der Waals surface area (Å²) in [6, 6.07) is 5.33. The van der Waals surface area contributed by atoms with E-state index >= 15 is 0 Å². The molecule has 1 heterocycles. The Morgan fingerprint density at radius 3 is 2.48 bits per heavy atom. The summed E-state index contributed by atoms with van der Waals surface area (Å²) in [6.45, 7) is 1.85. The van der Waals surface area contributed by atoms with Gasteiger partial charge < -0.3 is 10.8 Å². The van der Waals surface area contributed by atoms with Gasteiger partial charge in [-0.1, -0.05) is 33.6 Å². The van der Waals surface area contributed by atoms with E-state index in [2.05, 4.69) is 15.9 Å². The minimum absolute atomic E-state index is 0.00895. The van der Waals surface area contributed by atoms with Gasteiger partial charge in [0, 0.05) is 6.54 Å². The van der Waals surface area contributed by atoms with Gasteiger partial charge in [-0.05, 0) is 25.5 Å². The third kappa shape index (κ3) is 3.28. The summed E-state index contributed by atoms with van der Waals surface area (Å²) in [5, 5.41) is 9.81. The molecule has 21 heavy (non-hydrogen) atoms. The van der Waals surface area contributed by atoms with Gasteiger partial charge in [-0.15, -0.1) is 0 Å². The number of hydrogen-bond acceptors (Lipinski definition) is 4. The maximum Gasteiger partial charge on any atom is 0.243 e. The van der Waals surface area contributed by atoms with Crippen molar-refractivity contribution in [3.05, 3.63) is 29.8 Å². The highest BCUT2D eigenvalue weighted by Crippen LogP contribution is 2.28. The molecule has 116 valence electrons. The predicted molar refractivity (Wildman–Crippen MR) is 81.4 cm³/mol. The summed E-state index contributed by atoms with van der Waals surface area (Å²) in [5.74, 6) is -0.760. The predicted octanol–water partition coefficient (Wildman–Crippen LogP) is 0.368. The quantitative estimate of drug-likeness (QED) is 0.744. The third-order valence-electron chi connectivity index (χ3n) is 3.54. The van der Waals surface area contributed by atoms with Crippen molar-refractivity contribution in [1.82, 2.24) is 4.31 Å². The molecule has 8 heteroatoms. The number of nitrogens with zero attached hydrogens (tertiary/aromatic N) is 1. The summed E-state index contributed by atoms with van der Waals surface area (Å²) in [6.07, 6.45) is -0.831. The van der Waals surface area contributed by atoms with Crippen LogP contribution in [-0.2, 0) is 14.8 Å². The van der Waals surface area contributed by atoms with Gasteiger partial charge in [0.05, 0.1) is 15.8 Å². The summed E-state index contributed by atoms with van der Waals surface area (Å²) in [4.78, 5) is 11.2. The van der Waals surface area contributed by atoms with Crippen molar-refractivity contribution in [3.63, 3.8) is 0 Å². The van der Waals surface area contributed by atoms with Crippen molar-refractivity contribution >= 4 is 31.9 Å². The molecule has 1 amide bonds. The molecule has 3 N–H and O–H groups in total. The van der Waals surface area contributed by atoms with Gasteiger partial charge in [0.25, 0.3) is 0 Å². The van der Waals surface area contributed by atoms with E-state index in [0.717, 1.165) is 9.87 Å². The van der Waals surface area contributed by atoms with Crippen LogP contribution in [0.25, 0.3) is 0 Å². The number of aliphatic hydroxyl groups is 1. The topological polar surface area (TPSA) is 101 Å². The van der Waals surface area contributed by atoms with Crippen LogP contribution in [0.5, 0.6) is 0 Å². The highest BCUT2D eigenvalue weighted by Gasteiger charge is 2.42. The van der Waals surface area contributed by atoms with Crippen LogP contribution in [0.3, 0.4) is 0 Å². The number of amides is 1. The Kier molecular flexibility index (Phi) is 4.72. The molecule has 3 atom stereocenters. The lowest BCUT2D eigenvalue weighted by Crippen LogP contribution is -2.57. The third-order valence-corrected chi connectivity index (χ3v) is 6.33. The zero-order valence-corrected chi connectivity index (χ0v) is 13.8. The SMILES string of the molecule is Cc1ccc(S(=O)(=O)N2CC(Br)C(O)CC2C(N)=O)cc1. The summed E-state index contributed by atoms with van der Waals surface area (Å²) in [5.41, 5.74) is 6.23. The van der Waals surface area contributed by atoms with Crippen molar-refractivity contribution in [2.75, 3.05) is 6.54 Å². The summed E-state index contributed by atoms with van der Waals surface area (Å²) in [7, 11) is -3.84. The molecule has 0 saturated carbocycles. The number of primary amides is 1. The molecule has 3 unspecified atom stereocenters. The molecule has 1 aliphatic rings. The van der Waals surface area contributed by atoms with Gasteiger partial charge in [0.15, 0.2) is 0 Å². The number of sulfonamides is 1. The fraction of sp³-hybridized carbons (Fsp3) is 0.462. The van der Waals surface area contributed by atoms with E-state index in [9.17, 15) is 18.3 Å². The number of carbonyl (C=O) groups is 1. The average molecular weight is 377 g/mol. The number of aliphatic hydroxyl groups excluding tert-OH is 1. The first-order valence-corrected chi connectivity index (χ1v) is 8.79. The monoisotopic (exact) mass is 376 g/mol. The smallest absolute Gasteiger partial charge is 0.243 e. The van der Waals surface area contributed by atoms with Gasteiger partial charge in [0.1, 0.15) is 6.04 Å². The van der Waals surface area contributed by atoms with E-state index < -0.39 is 32.9 Å². The molecular formula is C13H17BrN2O4S. The zero-order valence-electron chi connectivity index (χ0n) is 11.4. The number of rotatable bonds is 3. The van der Waals surface area contributed by atoms with Crippen LogP contribution in [-0.4, -0.2) is 47.3 Å². The van der Waals surface area contributed by atoms with Crippen molar-refractivity contribution in [3.8, 4) is 0 Å². The van der Waals surface area contributed by atoms with Gasteiger partial charge in [-0.3, -0.25) is 4.79 Å². The second-order valence-corrected chi connectivity index (χ2v) is 8.19. The molecule has 2 rings (SSSR count). The van der Waals surface area contributed by atoms with Crippen molar-refractivity contribution < 1.29 is 18.3 Å². The molecule has 1 aromatic rings. The van der Waals surface area contributed by atoms with Crippen molar-refractivity contribution in [1.29, 1.82) is 0 Å². The molecule has 1 aliphatic heterocycles. The molecule has 0 spiro atoms. The molecule has 1 saturated heterocycles. The highest BCUT2D eigenvalue weighted by atomic mass is 79.9. The molecule has 1 aromatic carbocycles. The Bertz CT molecular complexity index is 632. The van der Waals surface area contributed by atoms with E-state index in [-0.39, 0.29) is 17.9 Å². The number of hydrogen-bond donors (Lipinski definition) is 2. The molecule has 0 radical (unpaired) electrons. The Morgan fingerprint density at radius 1 is 1.38 bits per heavy atom. The Balaban J connectivity index is 2.40. The van der Waals surface area contributed by atoms with Gasteiger partial charge in [0.2, 0.25) is 15.9 Å². The molecule has 0 aliphatic carbocycles. The fourth-order valence-corrected chi connectivity index (χ4v) is 4.64. The number of benzene rings is 1. The van der Waals surface area contributed by atoms with Crippen molar-refractivity contribution in [2.24, 2.45) is 5.73 Å². The number of carbonyl (C=O) groups excluding carboxylic acids is 1. The normalized spacial score (nSPS) is 27.5. The zero-order chi connectivity index (χ0) is 15.8. The molecule has 1 fully saturated rings. The number of nitrogens with two attached hydrogens (primary N) is 1. The largest absolute Gasteiger partial charge is 0.392 e. The van der Waals surface area contributed by atoms with Crippen LogP contribution < -0.4 is 5.73 Å². The minimum atomic E-state index is -3.84. The summed E-state index contributed by atoms with van der Waals surface area (Å²) >= 11 is 3.24. The van der Waals surface area contributed by atoms with E-state index in [1.165, 1.54) is 12.1 Å². The van der Waals surface area contributed by atoms with Crippen LogP contribution in [0.2, 0.25) is 0 Å². The number of piperidine rings is 1. The Hall–Kier alpha value is -0.960. The Labute approximate surface area is 132 Å². The van der Waals surface area contributed by atoms with E-state index in [1.54, 1.807) is 12.1 Å². The lowest BCUT2D eigenvalue weighted by molar-refractivity contribution is -0.123. The first-order valence-electron chi connectivity index (χ1n) is 6.43. The maximum atomic E-state index is 12.7.